The van der Waals surface area contributed by atoms with Crippen LogP contribution in [-0.2, 0) is 0 Å². The summed E-state index contributed by atoms with van der Waals surface area (Å²) >= 11 is -3.67. The Bertz CT molecular complexity index is 749. The second-order valence-electron chi connectivity index (χ2n) is 8.69. The first-order valence-electron chi connectivity index (χ1n) is 7.45. The average Bonchev–Trinajstić information content (AvgIpc) is 2.42. The summed E-state index contributed by atoms with van der Waals surface area (Å²) in [4.78, 5) is 49.8. The van der Waals surface area contributed by atoms with Crippen molar-refractivity contribution in [2.75, 3.05) is 0 Å². The summed E-state index contributed by atoms with van der Waals surface area (Å²) in [6, 6.07) is 0. The molecule has 0 aromatic rings. The van der Waals surface area contributed by atoms with Gasteiger partial charge in [-0.05, 0) is 0 Å². The zero-order valence-corrected chi connectivity index (χ0v) is 15.6. The summed E-state index contributed by atoms with van der Waals surface area (Å²) in [6.07, 6.45) is 0. The molecular weight excluding hydrogens is 435 g/mol. The molecule has 6 rings (SSSR count). The molecule has 0 aromatic carbocycles. The first-order chi connectivity index (χ1) is 10.9. The molecule has 0 bridgehead atoms. The number of hydrogen-bond donors (Lipinski definition) is 0. The van der Waals surface area contributed by atoms with E-state index in [2.05, 4.69) is 0 Å². The number of nitro groups is 4. The molecule has 6 aliphatic carbocycles. The van der Waals surface area contributed by atoms with Crippen molar-refractivity contribution < 1.29 is 19.7 Å². The van der Waals surface area contributed by atoms with Crippen LogP contribution in [-0.4, -0.2) is 60.2 Å². The van der Waals surface area contributed by atoms with Crippen LogP contribution >= 0.6 is 0 Å². The quantitative estimate of drug-likeness (QED) is 0.323. The van der Waals surface area contributed by atoms with E-state index in [4.69, 9.17) is 0 Å². The van der Waals surface area contributed by atoms with Gasteiger partial charge < -0.3 is 0 Å². The van der Waals surface area contributed by atoms with Gasteiger partial charge in [0, 0.05) is 0 Å². The zero-order chi connectivity index (χ0) is 18.0. The molecule has 6 fully saturated rings. The molecule has 12 nitrogen and oxygen atoms in total. The van der Waals surface area contributed by atoms with E-state index in [-0.39, 0.29) is 0 Å². The van der Waals surface area contributed by atoms with Crippen LogP contribution in [0.2, 0.25) is 18.2 Å². The van der Waals surface area contributed by atoms with Crippen LogP contribution in [0.3, 0.4) is 0 Å². The Morgan fingerprint density at radius 1 is 0.667 bits per heavy atom. The Balaban J connectivity index is 1.87. The third-order valence-electron chi connectivity index (χ3n) is 8.18. The second kappa shape index (κ2) is 2.90. The molecular formula is C11H12N4O8Sn. The fourth-order valence-electron chi connectivity index (χ4n) is 9.02. The van der Waals surface area contributed by atoms with E-state index < -0.39 is 81.4 Å². The van der Waals surface area contributed by atoms with Crippen molar-refractivity contribution in [3.63, 3.8) is 0 Å². The van der Waals surface area contributed by atoms with Crippen molar-refractivity contribution in [3.05, 3.63) is 40.5 Å². The van der Waals surface area contributed by atoms with Gasteiger partial charge in [0.2, 0.25) is 0 Å². The monoisotopic (exact) mass is 448 g/mol. The Morgan fingerprint density at radius 2 is 0.958 bits per heavy atom. The molecule has 0 aromatic heterocycles. The Morgan fingerprint density at radius 3 is 1.12 bits per heavy atom. The normalized spacial score (nSPS) is 59.5. The van der Waals surface area contributed by atoms with E-state index >= 15 is 0 Å². The Hall–Kier alpha value is -1.60. The molecule has 0 spiro atoms. The standard InChI is InChI=1S/C8H3N4O8.3CH3.Sn/c13-9(14)5-1-6(10(15)16)2(5)8(12(19)20)3(5)7(1,4(6)8)11(17)18;;;;/h1-3H;3*1H3;. The zero-order valence-electron chi connectivity index (χ0n) is 12.8. The van der Waals surface area contributed by atoms with Gasteiger partial charge in [-0.25, -0.2) is 0 Å². The first-order valence-corrected chi connectivity index (χ1v) is 17.4. The van der Waals surface area contributed by atoms with E-state index in [0.29, 0.717) is 0 Å². The molecule has 0 saturated heterocycles. The van der Waals surface area contributed by atoms with E-state index in [1.165, 1.54) is 0 Å². The summed E-state index contributed by atoms with van der Waals surface area (Å²) in [5, 5.41) is 47.3. The number of hydrogen-bond acceptors (Lipinski definition) is 8. The predicted molar refractivity (Wildman–Crippen MR) is 75.4 cm³/mol. The van der Waals surface area contributed by atoms with Crippen LogP contribution in [0.1, 0.15) is 0 Å². The van der Waals surface area contributed by atoms with Gasteiger partial charge in [0.1, 0.15) is 0 Å². The van der Waals surface area contributed by atoms with Crippen molar-refractivity contribution in [2.45, 2.75) is 40.4 Å². The van der Waals surface area contributed by atoms with Crippen molar-refractivity contribution in [2.24, 2.45) is 17.8 Å². The second-order valence-corrected chi connectivity index (χ2v) is 23.7. The molecule has 0 aliphatic heterocycles. The van der Waals surface area contributed by atoms with Crippen LogP contribution in [0.25, 0.3) is 0 Å². The molecule has 0 radical (unpaired) electrons. The molecule has 13 heteroatoms. The summed E-state index contributed by atoms with van der Waals surface area (Å²) in [6.45, 7) is 0. The van der Waals surface area contributed by atoms with Gasteiger partial charge in [0.05, 0.1) is 0 Å². The predicted octanol–water partition coefficient (Wildman–Crippen LogP) is 0.0436. The molecule has 0 N–H and O–H groups in total. The average molecular weight is 447 g/mol. The SMILES string of the molecule is [CH3][Sn]([CH3])([CH3])[C]12C3([N+](=O)[O-])C4C5([N+](=O)[O-])C3C1([N+](=O)[O-])C5C42[N+](=O)[O-]. The van der Waals surface area contributed by atoms with Crippen molar-refractivity contribution in [3.8, 4) is 0 Å². The van der Waals surface area contributed by atoms with E-state index in [0.717, 1.165) is 0 Å². The van der Waals surface area contributed by atoms with E-state index in [1.807, 2.05) is 0 Å². The van der Waals surface area contributed by atoms with Gasteiger partial charge in [-0.2, -0.15) is 0 Å². The topological polar surface area (TPSA) is 173 Å². The molecule has 0 heterocycles. The van der Waals surface area contributed by atoms with Gasteiger partial charge in [0.25, 0.3) is 0 Å². The van der Waals surface area contributed by atoms with Crippen LogP contribution in [0.15, 0.2) is 0 Å². The fraction of sp³-hybridized carbons (Fsp3) is 1.00. The summed E-state index contributed by atoms with van der Waals surface area (Å²) in [5.41, 5.74) is -7.32. The van der Waals surface area contributed by atoms with Gasteiger partial charge in [0.15, 0.2) is 0 Å². The molecule has 0 atom stereocenters. The molecule has 0 unspecified atom stereocenters. The van der Waals surface area contributed by atoms with Crippen LogP contribution in [0.4, 0.5) is 0 Å². The van der Waals surface area contributed by atoms with Crippen molar-refractivity contribution in [1.82, 2.24) is 0 Å². The molecule has 24 heavy (non-hydrogen) atoms. The van der Waals surface area contributed by atoms with Gasteiger partial charge in [-0.1, -0.05) is 0 Å². The third-order valence-corrected chi connectivity index (χ3v) is 18.0. The number of nitrogens with zero attached hydrogens (tertiary/aromatic N) is 4. The van der Waals surface area contributed by atoms with Gasteiger partial charge in [-0.15, -0.1) is 0 Å². The molecule has 6 aliphatic rings. The summed E-state index contributed by atoms with van der Waals surface area (Å²) in [7, 11) is 0. The van der Waals surface area contributed by atoms with Crippen LogP contribution in [0, 0.1) is 58.2 Å². The van der Waals surface area contributed by atoms with Crippen LogP contribution < -0.4 is 0 Å². The maximum absolute atomic E-state index is 11.9. The fourth-order valence-corrected chi connectivity index (χ4v) is 22.6. The van der Waals surface area contributed by atoms with E-state index in [9.17, 15) is 40.5 Å². The molecule has 0 amide bonds. The summed E-state index contributed by atoms with van der Waals surface area (Å²) in [5.74, 6) is -3.90. The van der Waals surface area contributed by atoms with Crippen LogP contribution in [0.5, 0.6) is 0 Å². The molecule has 6 saturated carbocycles. The van der Waals surface area contributed by atoms with Crippen molar-refractivity contribution >= 4 is 18.4 Å². The Labute approximate surface area is 137 Å². The Kier molecular flexibility index (Phi) is 1.78. The van der Waals surface area contributed by atoms with Gasteiger partial charge in [-0.3, -0.25) is 0 Å². The maximum atomic E-state index is 11.9. The van der Waals surface area contributed by atoms with Crippen molar-refractivity contribution in [1.29, 1.82) is 0 Å². The summed E-state index contributed by atoms with van der Waals surface area (Å²) < 4.78 is -1.57. The van der Waals surface area contributed by atoms with Gasteiger partial charge >= 0.3 is 137 Å². The first kappa shape index (κ1) is 14.7. The van der Waals surface area contributed by atoms with E-state index in [1.54, 1.807) is 14.8 Å². The third kappa shape index (κ3) is 0.608. The minimum absolute atomic E-state index is 0.648. The minimum atomic E-state index is -3.67. The number of rotatable bonds is 5. The molecule has 128 valence electrons.